The van der Waals surface area contributed by atoms with E-state index in [-0.39, 0.29) is 16.9 Å². The van der Waals surface area contributed by atoms with E-state index in [0.29, 0.717) is 18.8 Å². The van der Waals surface area contributed by atoms with Gasteiger partial charge in [0.2, 0.25) is 0 Å². The van der Waals surface area contributed by atoms with Gasteiger partial charge in [-0.05, 0) is 60.9 Å². The quantitative estimate of drug-likeness (QED) is 0.137. The molecule has 1 aliphatic carbocycles. The number of carbonyl (C=O) groups is 1. The lowest BCUT2D eigenvalue weighted by atomic mass is 9.78. The maximum absolute atomic E-state index is 15.5. The van der Waals surface area contributed by atoms with Gasteiger partial charge in [-0.3, -0.25) is 0 Å². The molecule has 0 heterocycles. The van der Waals surface area contributed by atoms with E-state index in [2.05, 4.69) is 13.8 Å². The summed E-state index contributed by atoms with van der Waals surface area (Å²) in [6.07, 6.45) is 24.1. The molecule has 2 aromatic carbocycles. The molecule has 0 saturated heterocycles. The first kappa shape index (κ1) is 34.9. The Balaban J connectivity index is 1.42. The molecule has 240 valence electrons. The van der Waals surface area contributed by atoms with Crippen LogP contribution in [0.1, 0.15) is 146 Å². The number of hydrogen-bond acceptors (Lipinski definition) is 3. The Morgan fingerprint density at radius 2 is 1.23 bits per heavy atom. The number of carboxylic acid groups (broad SMARTS) is 1. The molecule has 2 aromatic rings. The number of benzene rings is 2. The van der Waals surface area contributed by atoms with Gasteiger partial charge in [-0.15, -0.1) is 0 Å². The van der Waals surface area contributed by atoms with Crippen LogP contribution in [0, 0.1) is 17.7 Å². The van der Waals surface area contributed by atoms with Crippen LogP contribution in [0.4, 0.5) is 4.39 Å². The molecule has 1 saturated carbocycles. The third-order valence-corrected chi connectivity index (χ3v) is 9.19. The average molecular weight is 597 g/mol. The van der Waals surface area contributed by atoms with Crippen molar-refractivity contribution in [2.45, 2.75) is 136 Å². The van der Waals surface area contributed by atoms with Gasteiger partial charge in [0.25, 0.3) is 0 Å². The fourth-order valence-electron chi connectivity index (χ4n) is 6.50. The summed E-state index contributed by atoms with van der Waals surface area (Å²) in [5.41, 5.74) is 0.499. The van der Waals surface area contributed by atoms with E-state index in [4.69, 9.17) is 9.47 Å². The van der Waals surface area contributed by atoms with E-state index >= 15 is 4.39 Å². The van der Waals surface area contributed by atoms with Crippen molar-refractivity contribution in [2.24, 2.45) is 11.8 Å². The van der Waals surface area contributed by atoms with Crippen LogP contribution in [0.2, 0.25) is 0 Å². The lowest BCUT2D eigenvalue weighted by molar-refractivity contribution is 0.0697. The molecule has 0 bridgehead atoms. The Bertz CT molecular complexity index is 1040. The summed E-state index contributed by atoms with van der Waals surface area (Å²) in [4.78, 5) is 11.9. The van der Waals surface area contributed by atoms with Crippen molar-refractivity contribution in [2.75, 3.05) is 13.2 Å². The minimum absolute atomic E-state index is 0.0627. The predicted molar refractivity (Wildman–Crippen MR) is 176 cm³/mol. The second-order valence-corrected chi connectivity index (χ2v) is 12.7. The van der Waals surface area contributed by atoms with Gasteiger partial charge in [-0.25, -0.2) is 9.18 Å². The number of halogens is 1. The Morgan fingerprint density at radius 3 is 1.84 bits per heavy atom. The van der Waals surface area contributed by atoms with Crippen molar-refractivity contribution in [1.82, 2.24) is 0 Å². The molecule has 0 aromatic heterocycles. The molecule has 4 nitrogen and oxygen atoms in total. The maximum atomic E-state index is 15.5. The highest BCUT2D eigenvalue weighted by atomic mass is 19.1. The van der Waals surface area contributed by atoms with Crippen LogP contribution in [-0.2, 0) is 0 Å². The van der Waals surface area contributed by atoms with E-state index in [1.807, 2.05) is 0 Å². The highest BCUT2D eigenvalue weighted by Crippen LogP contribution is 2.35. The summed E-state index contributed by atoms with van der Waals surface area (Å²) in [7, 11) is 0. The van der Waals surface area contributed by atoms with Crippen LogP contribution in [-0.4, -0.2) is 24.3 Å². The molecule has 0 amide bonds. The first-order chi connectivity index (χ1) is 21.0. The minimum Gasteiger partial charge on any atom is -0.494 e. The van der Waals surface area contributed by atoms with Crippen LogP contribution in [0.25, 0.3) is 11.1 Å². The monoisotopic (exact) mass is 596 g/mol. The van der Waals surface area contributed by atoms with Gasteiger partial charge in [0.1, 0.15) is 5.75 Å². The zero-order chi connectivity index (χ0) is 30.7. The van der Waals surface area contributed by atoms with Crippen molar-refractivity contribution < 1.29 is 23.8 Å². The van der Waals surface area contributed by atoms with Crippen molar-refractivity contribution in [3.8, 4) is 22.6 Å². The van der Waals surface area contributed by atoms with Gasteiger partial charge in [0.05, 0.1) is 18.8 Å². The number of hydrogen-bond donors (Lipinski definition) is 1. The molecular formula is C38H57FO4. The zero-order valence-electron chi connectivity index (χ0n) is 27.0. The zero-order valence-corrected chi connectivity index (χ0v) is 27.0. The highest BCUT2D eigenvalue weighted by Gasteiger charge is 2.22. The summed E-state index contributed by atoms with van der Waals surface area (Å²) in [6, 6.07) is 9.96. The summed E-state index contributed by atoms with van der Waals surface area (Å²) in [5.74, 6) is 0.805. The second kappa shape index (κ2) is 20.4. The smallest absolute Gasteiger partial charge is 0.336 e. The molecule has 0 atom stereocenters. The number of aromatic carboxylic acids is 1. The summed E-state index contributed by atoms with van der Waals surface area (Å²) in [6.45, 7) is 5.56. The topological polar surface area (TPSA) is 55.8 Å². The van der Waals surface area contributed by atoms with E-state index in [1.54, 1.807) is 24.3 Å². The SMILES string of the molecule is CCCCCCCCCOc1ccc(C(=O)O)c(-c2ccc(OCCCC3CCC(CCCCCCC)CC3)cc2)c1F. The van der Waals surface area contributed by atoms with Crippen LogP contribution < -0.4 is 9.47 Å². The van der Waals surface area contributed by atoms with Gasteiger partial charge >= 0.3 is 5.97 Å². The van der Waals surface area contributed by atoms with Crippen molar-refractivity contribution in [1.29, 1.82) is 0 Å². The molecule has 3 rings (SSSR count). The Labute approximate surface area is 260 Å². The van der Waals surface area contributed by atoms with Crippen molar-refractivity contribution >= 4 is 5.97 Å². The molecule has 1 N–H and O–H groups in total. The molecule has 1 aliphatic rings. The lowest BCUT2D eigenvalue weighted by Gasteiger charge is -2.28. The van der Waals surface area contributed by atoms with E-state index in [1.165, 1.54) is 108 Å². The van der Waals surface area contributed by atoms with Crippen LogP contribution in [0.15, 0.2) is 36.4 Å². The molecular weight excluding hydrogens is 539 g/mol. The normalized spacial score (nSPS) is 16.7. The summed E-state index contributed by atoms with van der Waals surface area (Å²) in [5, 5.41) is 9.73. The van der Waals surface area contributed by atoms with Crippen LogP contribution >= 0.6 is 0 Å². The van der Waals surface area contributed by atoms with Crippen LogP contribution in [0.3, 0.4) is 0 Å². The van der Waals surface area contributed by atoms with Crippen LogP contribution in [0.5, 0.6) is 11.5 Å². The molecule has 43 heavy (non-hydrogen) atoms. The Morgan fingerprint density at radius 1 is 0.698 bits per heavy atom. The van der Waals surface area contributed by atoms with Gasteiger partial charge < -0.3 is 14.6 Å². The largest absolute Gasteiger partial charge is 0.494 e. The molecule has 0 spiro atoms. The molecule has 5 heteroatoms. The second-order valence-electron chi connectivity index (χ2n) is 12.7. The first-order valence-electron chi connectivity index (χ1n) is 17.4. The molecule has 0 aliphatic heterocycles. The number of rotatable bonds is 22. The minimum atomic E-state index is -1.16. The van der Waals surface area contributed by atoms with E-state index in [9.17, 15) is 9.90 Å². The number of carboxylic acids is 1. The first-order valence-corrected chi connectivity index (χ1v) is 17.4. The third kappa shape index (κ3) is 12.5. The predicted octanol–water partition coefficient (Wildman–Crippen LogP) is 11.6. The maximum Gasteiger partial charge on any atom is 0.336 e. The molecule has 1 fully saturated rings. The van der Waals surface area contributed by atoms with Gasteiger partial charge in [0.15, 0.2) is 11.6 Å². The molecule has 0 radical (unpaired) electrons. The lowest BCUT2D eigenvalue weighted by Crippen LogP contribution is -2.15. The summed E-state index contributed by atoms with van der Waals surface area (Å²) < 4.78 is 27.3. The van der Waals surface area contributed by atoms with Gasteiger partial charge in [-0.2, -0.15) is 0 Å². The average Bonchev–Trinajstić information content (AvgIpc) is 3.02. The van der Waals surface area contributed by atoms with Gasteiger partial charge in [0, 0.05) is 5.56 Å². The van der Waals surface area contributed by atoms with E-state index < -0.39 is 11.8 Å². The molecule has 0 unspecified atom stereocenters. The van der Waals surface area contributed by atoms with E-state index in [0.717, 1.165) is 43.3 Å². The number of ether oxygens (including phenoxy) is 2. The summed E-state index contributed by atoms with van der Waals surface area (Å²) >= 11 is 0. The Hall–Kier alpha value is -2.56. The fourth-order valence-corrected chi connectivity index (χ4v) is 6.50. The fraction of sp³-hybridized carbons (Fsp3) is 0.658. The standard InChI is InChI=1S/C38H57FO4/c1-3-5-7-9-10-12-14-28-43-35-27-26-34(38(40)41)36(37(35)39)32-22-24-33(25-23-32)42-29-15-17-31-20-18-30(19-21-31)16-13-11-8-6-4-2/h22-27,30-31H,3-21,28-29H2,1-2H3,(H,40,41). The van der Waals surface area contributed by atoms with Gasteiger partial charge in [-0.1, -0.05) is 129 Å². The Kier molecular flexibility index (Phi) is 16.6. The third-order valence-electron chi connectivity index (χ3n) is 9.19. The highest BCUT2D eigenvalue weighted by molar-refractivity contribution is 5.96. The van der Waals surface area contributed by atoms with Crippen molar-refractivity contribution in [3.63, 3.8) is 0 Å². The van der Waals surface area contributed by atoms with Crippen molar-refractivity contribution in [3.05, 3.63) is 47.8 Å². The number of unbranched alkanes of at least 4 members (excludes halogenated alkanes) is 10.